The van der Waals surface area contributed by atoms with Gasteiger partial charge in [0.05, 0.1) is 11.1 Å². The standard InChI is InChI=1S/C15H8BrF2NO4S/c16-8-1-4-14(12(18)5-8)24(22,23)19-7-11(15(20)21)10-6-9(17)2-3-13(10)19/h1-7H,(H,20,21). The summed E-state index contributed by atoms with van der Waals surface area (Å²) in [5.74, 6) is -3.13. The van der Waals surface area contributed by atoms with E-state index in [9.17, 15) is 27.1 Å². The number of benzene rings is 2. The second kappa shape index (κ2) is 5.67. The molecule has 124 valence electrons. The summed E-state index contributed by atoms with van der Waals surface area (Å²) in [6.07, 6.45) is 0.837. The number of carbonyl (C=O) groups is 1. The zero-order chi connectivity index (χ0) is 17.6. The van der Waals surface area contributed by atoms with E-state index in [1.54, 1.807) is 0 Å². The van der Waals surface area contributed by atoms with E-state index in [0.717, 1.165) is 36.5 Å². The monoisotopic (exact) mass is 415 g/mol. The summed E-state index contributed by atoms with van der Waals surface area (Å²) in [6, 6.07) is 6.44. The van der Waals surface area contributed by atoms with E-state index in [0.29, 0.717) is 8.45 Å². The maximum atomic E-state index is 14.1. The molecule has 0 unspecified atom stereocenters. The van der Waals surface area contributed by atoms with Gasteiger partial charge in [0.25, 0.3) is 10.0 Å². The van der Waals surface area contributed by atoms with Crippen LogP contribution in [0.3, 0.4) is 0 Å². The van der Waals surface area contributed by atoms with Gasteiger partial charge in [0, 0.05) is 16.1 Å². The van der Waals surface area contributed by atoms with Crippen LogP contribution in [0.2, 0.25) is 0 Å². The number of fused-ring (bicyclic) bond motifs is 1. The van der Waals surface area contributed by atoms with Crippen molar-refractivity contribution < 1.29 is 27.1 Å². The number of carboxylic acids is 1. The minimum atomic E-state index is -4.40. The van der Waals surface area contributed by atoms with Gasteiger partial charge in [-0.3, -0.25) is 0 Å². The first-order valence-corrected chi connectivity index (χ1v) is 8.69. The molecular weight excluding hydrogens is 408 g/mol. The summed E-state index contributed by atoms with van der Waals surface area (Å²) >= 11 is 3.03. The highest BCUT2D eigenvalue weighted by Crippen LogP contribution is 2.28. The van der Waals surface area contributed by atoms with Crippen molar-refractivity contribution in [2.45, 2.75) is 4.90 Å². The first-order valence-electron chi connectivity index (χ1n) is 6.46. The third-order valence-electron chi connectivity index (χ3n) is 3.39. The van der Waals surface area contributed by atoms with Crippen LogP contribution >= 0.6 is 15.9 Å². The molecule has 3 aromatic rings. The Kier molecular flexibility index (Phi) is 3.92. The highest BCUT2D eigenvalue weighted by Gasteiger charge is 2.26. The molecule has 0 bridgehead atoms. The zero-order valence-electron chi connectivity index (χ0n) is 11.7. The second-order valence-corrected chi connectivity index (χ2v) is 7.58. The van der Waals surface area contributed by atoms with Crippen LogP contribution in [0.15, 0.2) is 52.0 Å². The molecule has 0 saturated heterocycles. The number of carboxylic acid groups (broad SMARTS) is 1. The van der Waals surface area contributed by atoms with E-state index in [4.69, 9.17) is 0 Å². The highest BCUT2D eigenvalue weighted by molar-refractivity contribution is 9.10. The molecule has 0 spiro atoms. The van der Waals surface area contributed by atoms with Gasteiger partial charge in [-0.1, -0.05) is 15.9 Å². The van der Waals surface area contributed by atoms with Crippen molar-refractivity contribution in [2.75, 3.05) is 0 Å². The van der Waals surface area contributed by atoms with E-state index in [-0.39, 0.29) is 10.9 Å². The quantitative estimate of drug-likeness (QED) is 0.708. The summed E-state index contributed by atoms with van der Waals surface area (Å²) in [4.78, 5) is 10.7. The molecule has 2 aromatic carbocycles. The van der Waals surface area contributed by atoms with E-state index in [2.05, 4.69) is 15.9 Å². The molecule has 9 heteroatoms. The largest absolute Gasteiger partial charge is 0.478 e. The predicted molar refractivity (Wildman–Crippen MR) is 85.5 cm³/mol. The lowest BCUT2D eigenvalue weighted by Gasteiger charge is -2.08. The van der Waals surface area contributed by atoms with Crippen molar-refractivity contribution >= 4 is 42.8 Å². The molecule has 0 aliphatic rings. The Labute approximate surface area is 143 Å². The maximum absolute atomic E-state index is 14.1. The van der Waals surface area contributed by atoms with Gasteiger partial charge >= 0.3 is 5.97 Å². The van der Waals surface area contributed by atoms with Gasteiger partial charge < -0.3 is 5.11 Å². The Morgan fingerprint density at radius 3 is 2.46 bits per heavy atom. The fourth-order valence-corrected chi connectivity index (χ4v) is 4.08. The van der Waals surface area contributed by atoms with Crippen LogP contribution < -0.4 is 0 Å². The SMILES string of the molecule is O=C(O)c1cn(S(=O)(=O)c2ccc(Br)cc2F)c2ccc(F)cc12. The number of hydrogen-bond acceptors (Lipinski definition) is 3. The van der Waals surface area contributed by atoms with Crippen molar-refractivity contribution in [3.05, 3.63) is 64.3 Å². The number of rotatable bonds is 3. The molecule has 0 radical (unpaired) electrons. The Morgan fingerprint density at radius 1 is 1.12 bits per heavy atom. The average molecular weight is 416 g/mol. The topological polar surface area (TPSA) is 76.4 Å². The Balaban J connectivity index is 2.35. The van der Waals surface area contributed by atoms with Crippen LogP contribution in [0.25, 0.3) is 10.9 Å². The minimum absolute atomic E-state index is 0.0591. The van der Waals surface area contributed by atoms with Gasteiger partial charge in [-0.05, 0) is 36.4 Å². The molecule has 1 N–H and O–H groups in total. The number of aromatic nitrogens is 1. The van der Waals surface area contributed by atoms with Gasteiger partial charge in [-0.25, -0.2) is 26.0 Å². The van der Waals surface area contributed by atoms with Gasteiger partial charge in [0.2, 0.25) is 0 Å². The van der Waals surface area contributed by atoms with Crippen molar-refractivity contribution in [1.82, 2.24) is 3.97 Å². The van der Waals surface area contributed by atoms with Crippen LogP contribution in [-0.2, 0) is 10.0 Å². The average Bonchev–Trinajstić information content (AvgIpc) is 2.86. The fraction of sp³-hybridized carbons (Fsp3) is 0. The Morgan fingerprint density at radius 2 is 1.83 bits per heavy atom. The maximum Gasteiger partial charge on any atom is 0.337 e. The summed E-state index contributed by atoms with van der Waals surface area (Å²) in [5, 5.41) is 9.11. The number of hydrogen-bond donors (Lipinski definition) is 1. The molecule has 1 heterocycles. The van der Waals surface area contributed by atoms with Crippen molar-refractivity contribution in [1.29, 1.82) is 0 Å². The molecule has 0 saturated carbocycles. The molecule has 24 heavy (non-hydrogen) atoms. The lowest BCUT2D eigenvalue weighted by molar-refractivity contribution is 0.0699. The summed E-state index contributed by atoms with van der Waals surface area (Å²) in [7, 11) is -4.40. The highest BCUT2D eigenvalue weighted by atomic mass is 79.9. The molecule has 5 nitrogen and oxygen atoms in total. The smallest absolute Gasteiger partial charge is 0.337 e. The Bertz CT molecular complexity index is 1090. The van der Waals surface area contributed by atoms with Crippen molar-refractivity contribution in [3.63, 3.8) is 0 Å². The third-order valence-corrected chi connectivity index (χ3v) is 5.59. The molecule has 0 fully saturated rings. The Hall–Kier alpha value is -2.26. The predicted octanol–water partition coefficient (Wildman–Crippen LogP) is 3.62. The molecule has 0 aliphatic heterocycles. The summed E-state index contributed by atoms with van der Waals surface area (Å²) < 4.78 is 53.9. The van der Waals surface area contributed by atoms with Crippen LogP contribution in [-0.4, -0.2) is 23.5 Å². The molecule has 0 amide bonds. The van der Waals surface area contributed by atoms with Crippen molar-refractivity contribution in [2.24, 2.45) is 0 Å². The summed E-state index contributed by atoms with van der Waals surface area (Å²) in [5.41, 5.74) is -0.457. The number of nitrogens with zero attached hydrogens (tertiary/aromatic N) is 1. The summed E-state index contributed by atoms with van der Waals surface area (Å²) in [6.45, 7) is 0. The molecular formula is C15H8BrF2NO4S. The molecule has 0 aliphatic carbocycles. The van der Waals surface area contributed by atoms with E-state index >= 15 is 0 Å². The zero-order valence-corrected chi connectivity index (χ0v) is 14.1. The van der Waals surface area contributed by atoms with Gasteiger partial charge in [-0.15, -0.1) is 0 Å². The first-order chi connectivity index (χ1) is 11.2. The van der Waals surface area contributed by atoms with Crippen molar-refractivity contribution in [3.8, 4) is 0 Å². The molecule has 0 atom stereocenters. The second-order valence-electron chi connectivity index (χ2n) is 4.89. The number of halogens is 3. The van der Waals surface area contributed by atoms with Crippen LogP contribution in [0.1, 0.15) is 10.4 Å². The van der Waals surface area contributed by atoms with Gasteiger partial charge in [-0.2, -0.15) is 0 Å². The van der Waals surface area contributed by atoms with E-state index in [1.165, 1.54) is 6.07 Å². The lowest BCUT2D eigenvalue weighted by Crippen LogP contribution is -2.13. The van der Waals surface area contributed by atoms with Gasteiger partial charge in [0.1, 0.15) is 16.5 Å². The van der Waals surface area contributed by atoms with Crippen LogP contribution in [0.4, 0.5) is 8.78 Å². The fourth-order valence-electron chi connectivity index (χ4n) is 2.33. The normalized spacial score (nSPS) is 11.8. The number of aromatic carboxylic acids is 1. The van der Waals surface area contributed by atoms with Crippen LogP contribution in [0.5, 0.6) is 0 Å². The minimum Gasteiger partial charge on any atom is -0.478 e. The first kappa shape index (κ1) is 16.6. The lowest BCUT2D eigenvalue weighted by atomic mass is 10.2. The molecule has 1 aromatic heterocycles. The molecule has 3 rings (SSSR count). The third kappa shape index (κ3) is 2.59. The van der Waals surface area contributed by atoms with Gasteiger partial charge in [0.15, 0.2) is 0 Å². The van der Waals surface area contributed by atoms with Crippen LogP contribution in [0, 0.1) is 11.6 Å². The van der Waals surface area contributed by atoms with E-state index < -0.39 is 38.1 Å². The van der Waals surface area contributed by atoms with E-state index in [1.807, 2.05) is 0 Å².